The highest BCUT2D eigenvalue weighted by Crippen LogP contribution is 2.07. The van der Waals surface area contributed by atoms with E-state index in [1.807, 2.05) is 0 Å². The maximum atomic E-state index is 10.8. The second kappa shape index (κ2) is 14.5. The van der Waals surface area contributed by atoms with Gasteiger partial charge in [0.2, 0.25) is 0 Å². The molecule has 0 spiro atoms. The molecular formula is C14H29NO3. The molecule has 4 nitrogen and oxygen atoms in total. The summed E-state index contributed by atoms with van der Waals surface area (Å²) < 4.78 is 4.59. The topological polar surface area (TPSA) is 47.6 Å². The van der Waals surface area contributed by atoms with Crippen molar-refractivity contribution in [1.29, 1.82) is 0 Å². The van der Waals surface area contributed by atoms with Gasteiger partial charge in [0.1, 0.15) is 0 Å². The number of hydroxylamine groups is 1. The molecule has 0 aromatic carbocycles. The van der Waals surface area contributed by atoms with E-state index >= 15 is 0 Å². The van der Waals surface area contributed by atoms with Crippen molar-refractivity contribution in [3.05, 3.63) is 0 Å². The Balaban J connectivity index is 2.97. The van der Waals surface area contributed by atoms with Crippen LogP contribution in [0.4, 0.5) is 0 Å². The van der Waals surface area contributed by atoms with E-state index in [9.17, 15) is 4.79 Å². The Labute approximate surface area is 111 Å². The quantitative estimate of drug-likeness (QED) is 0.313. The first-order valence-electron chi connectivity index (χ1n) is 7.22. The molecule has 0 aromatic rings. The molecule has 0 aliphatic heterocycles. The maximum absolute atomic E-state index is 10.8. The van der Waals surface area contributed by atoms with E-state index in [2.05, 4.69) is 17.1 Å². The predicted octanol–water partition coefficient (Wildman–Crippen LogP) is 3.21. The molecule has 0 unspecified atom stereocenters. The molecule has 0 radical (unpaired) electrons. The van der Waals surface area contributed by atoms with Crippen molar-refractivity contribution in [3.8, 4) is 0 Å². The minimum absolute atomic E-state index is 0.0940. The number of unbranched alkanes of at least 4 members (excludes halogenated alkanes) is 6. The number of carbonyl (C=O) groups excluding carboxylic acids is 1. The summed E-state index contributed by atoms with van der Waals surface area (Å²) >= 11 is 0. The van der Waals surface area contributed by atoms with Crippen LogP contribution in [0.5, 0.6) is 0 Å². The smallest absolute Gasteiger partial charge is 0.305 e. The van der Waals surface area contributed by atoms with E-state index in [0.29, 0.717) is 6.42 Å². The molecule has 0 amide bonds. The minimum Gasteiger partial charge on any atom is -0.469 e. The fourth-order valence-corrected chi connectivity index (χ4v) is 1.64. The highest BCUT2D eigenvalue weighted by molar-refractivity contribution is 5.68. The van der Waals surface area contributed by atoms with Crippen LogP contribution in [-0.4, -0.2) is 26.2 Å². The van der Waals surface area contributed by atoms with Crippen molar-refractivity contribution < 1.29 is 14.4 Å². The first kappa shape index (κ1) is 17.4. The Morgan fingerprint density at radius 2 is 1.67 bits per heavy atom. The Kier molecular flexibility index (Phi) is 14.0. The van der Waals surface area contributed by atoms with Gasteiger partial charge < -0.3 is 9.57 Å². The normalized spacial score (nSPS) is 10.6. The van der Waals surface area contributed by atoms with Gasteiger partial charge in [-0.1, -0.05) is 39.0 Å². The summed E-state index contributed by atoms with van der Waals surface area (Å²) in [5.74, 6) is -0.0940. The van der Waals surface area contributed by atoms with E-state index in [4.69, 9.17) is 4.84 Å². The Morgan fingerprint density at radius 3 is 2.33 bits per heavy atom. The summed E-state index contributed by atoms with van der Waals surface area (Å²) in [7, 11) is 1.44. The van der Waals surface area contributed by atoms with Gasteiger partial charge in [-0.3, -0.25) is 4.79 Å². The number of hydrogen-bond donors (Lipinski definition) is 1. The van der Waals surface area contributed by atoms with Crippen LogP contribution in [0.25, 0.3) is 0 Å². The zero-order chi connectivity index (χ0) is 13.5. The van der Waals surface area contributed by atoms with Crippen molar-refractivity contribution >= 4 is 5.97 Å². The molecule has 0 fully saturated rings. The first-order valence-corrected chi connectivity index (χ1v) is 7.22. The number of methoxy groups -OCH3 is 1. The van der Waals surface area contributed by atoms with Gasteiger partial charge in [0, 0.05) is 13.0 Å². The molecule has 4 heteroatoms. The van der Waals surface area contributed by atoms with Crippen LogP contribution < -0.4 is 5.48 Å². The average Bonchev–Trinajstić information content (AvgIpc) is 2.39. The third-order valence-corrected chi connectivity index (χ3v) is 2.84. The van der Waals surface area contributed by atoms with Crippen LogP contribution in [0.2, 0.25) is 0 Å². The molecule has 0 bridgehead atoms. The summed E-state index contributed by atoms with van der Waals surface area (Å²) in [6, 6.07) is 0. The summed E-state index contributed by atoms with van der Waals surface area (Å²) in [6.45, 7) is 3.90. The Bertz CT molecular complexity index is 186. The molecule has 0 heterocycles. The van der Waals surface area contributed by atoms with Gasteiger partial charge in [0.25, 0.3) is 0 Å². The maximum Gasteiger partial charge on any atom is 0.305 e. The van der Waals surface area contributed by atoms with Gasteiger partial charge >= 0.3 is 5.97 Å². The molecule has 18 heavy (non-hydrogen) atoms. The largest absolute Gasteiger partial charge is 0.469 e. The standard InChI is InChI=1S/C14H29NO3/c1-3-4-13-18-15-12-10-8-6-5-7-9-11-14(16)17-2/h15H,3-13H2,1-2H3. The summed E-state index contributed by atoms with van der Waals surface area (Å²) in [6.07, 6.45) is 9.74. The van der Waals surface area contributed by atoms with Crippen molar-refractivity contribution in [1.82, 2.24) is 5.48 Å². The van der Waals surface area contributed by atoms with Crippen LogP contribution in [0.3, 0.4) is 0 Å². The fraction of sp³-hybridized carbons (Fsp3) is 0.929. The number of nitrogens with one attached hydrogen (secondary N) is 1. The van der Waals surface area contributed by atoms with Gasteiger partial charge in [-0.2, -0.15) is 0 Å². The number of rotatable bonds is 13. The molecule has 1 N–H and O–H groups in total. The van der Waals surface area contributed by atoms with Crippen molar-refractivity contribution in [3.63, 3.8) is 0 Å². The number of esters is 1. The highest BCUT2D eigenvalue weighted by atomic mass is 16.6. The third-order valence-electron chi connectivity index (χ3n) is 2.84. The van der Waals surface area contributed by atoms with Gasteiger partial charge in [-0.05, 0) is 19.3 Å². The Hall–Kier alpha value is -0.610. The second-order valence-corrected chi connectivity index (χ2v) is 4.54. The van der Waals surface area contributed by atoms with E-state index in [1.165, 1.54) is 32.8 Å². The van der Waals surface area contributed by atoms with Crippen molar-refractivity contribution in [2.75, 3.05) is 20.3 Å². The molecule has 0 atom stereocenters. The molecule has 0 aromatic heterocycles. The lowest BCUT2D eigenvalue weighted by molar-refractivity contribution is -0.140. The van der Waals surface area contributed by atoms with Crippen LogP contribution in [-0.2, 0) is 14.4 Å². The minimum atomic E-state index is -0.0940. The molecule has 0 saturated carbocycles. The SMILES string of the molecule is CCCCONCCCCCCCCC(=O)OC. The lowest BCUT2D eigenvalue weighted by atomic mass is 10.1. The van der Waals surface area contributed by atoms with E-state index in [-0.39, 0.29) is 5.97 Å². The number of hydrogen-bond acceptors (Lipinski definition) is 4. The zero-order valence-corrected chi connectivity index (χ0v) is 12.0. The summed E-state index contributed by atoms with van der Waals surface area (Å²) in [5.41, 5.74) is 2.98. The summed E-state index contributed by atoms with van der Waals surface area (Å²) in [4.78, 5) is 16.1. The van der Waals surface area contributed by atoms with Gasteiger partial charge in [-0.25, -0.2) is 5.48 Å². The van der Waals surface area contributed by atoms with Crippen LogP contribution in [0.15, 0.2) is 0 Å². The fourth-order valence-electron chi connectivity index (χ4n) is 1.64. The first-order chi connectivity index (χ1) is 8.81. The van der Waals surface area contributed by atoms with Crippen molar-refractivity contribution in [2.45, 2.75) is 64.7 Å². The molecule has 0 saturated heterocycles. The second-order valence-electron chi connectivity index (χ2n) is 4.54. The van der Waals surface area contributed by atoms with Crippen molar-refractivity contribution in [2.24, 2.45) is 0 Å². The number of carbonyl (C=O) groups is 1. The monoisotopic (exact) mass is 259 g/mol. The summed E-state index contributed by atoms with van der Waals surface area (Å²) in [5, 5.41) is 0. The van der Waals surface area contributed by atoms with E-state index < -0.39 is 0 Å². The predicted molar refractivity (Wildman–Crippen MR) is 73.2 cm³/mol. The van der Waals surface area contributed by atoms with E-state index in [0.717, 1.165) is 38.8 Å². The number of ether oxygens (including phenoxy) is 1. The van der Waals surface area contributed by atoms with Gasteiger partial charge in [0.15, 0.2) is 0 Å². The molecule has 0 aliphatic carbocycles. The third kappa shape index (κ3) is 13.5. The lowest BCUT2D eigenvalue weighted by Gasteiger charge is -2.05. The molecule has 0 rings (SSSR count). The lowest BCUT2D eigenvalue weighted by Crippen LogP contribution is -2.16. The van der Waals surface area contributed by atoms with E-state index in [1.54, 1.807) is 0 Å². The molecule has 0 aliphatic rings. The van der Waals surface area contributed by atoms with Crippen LogP contribution in [0.1, 0.15) is 64.7 Å². The molecule has 108 valence electrons. The van der Waals surface area contributed by atoms with Gasteiger partial charge in [0.05, 0.1) is 13.7 Å². The average molecular weight is 259 g/mol. The van der Waals surface area contributed by atoms with Crippen LogP contribution in [0, 0.1) is 0 Å². The zero-order valence-electron chi connectivity index (χ0n) is 12.0. The van der Waals surface area contributed by atoms with Gasteiger partial charge in [-0.15, -0.1) is 0 Å². The highest BCUT2D eigenvalue weighted by Gasteiger charge is 1.98. The Morgan fingerprint density at radius 1 is 1.00 bits per heavy atom. The van der Waals surface area contributed by atoms with Crippen LogP contribution >= 0.6 is 0 Å². The molecular weight excluding hydrogens is 230 g/mol.